The van der Waals surface area contributed by atoms with Gasteiger partial charge in [-0.1, -0.05) is 19.1 Å². The smallest absolute Gasteiger partial charge is 0.122 e. The molecule has 1 aromatic rings. The highest BCUT2D eigenvalue weighted by Crippen LogP contribution is 2.19. The number of aryl methyl sites for hydroxylation is 1. The predicted molar refractivity (Wildman–Crippen MR) is 78.3 cm³/mol. The lowest BCUT2D eigenvalue weighted by molar-refractivity contribution is 0.338. The molecule has 0 bridgehead atoms. The third-order valence-corrected chi connectivity index (χ3v) is 3.20. The van der Waals surface area contributed by atoms with Crippen LogP contribution in [0.25, 0.3) is 0 Å². The second kappa shape index (κ2) is 8.55. The van der Waals surface area contributed by atoms with Crippen molar-refractivity contribution >= 4 is 0 Å². The molecule has 1 unspecified atom stereocenters. The number of hydrogen-bond acceptors (Lipinski definition) is 3. The molecule has 1 N–H and O–H groups in total. The van der Waals surface area contributed by atoms with Crippen LogP contribution in [0.4, 0.5) is 0 Å². The first-order chi connectivity index (χ1) is 9.21. The molecule has 0 aromatic heterocycles. The standard InChI is InChI=1S/C16H24N2O/c1-4-14(11-17)12-18-9-8-15-6-7-16(19-5-2)13(3)10-15/h6-7,10,14,18H,4-5,8-9,12H2,1-3H3. The van der Waals surface area contributed by atoms with Crippen LogP contribution in [-0.4, -0.2) is 19.7 Å². The lowest BCUT2D eigenvalue weighted by atomic mass is 10.1. The van der Waals surface area contributed by atoms with Crippen molar-refractivity contribution in [1.82, 2.24) is 5.32 Å². The monoisotopic (exact) mass is 260 g/mol. The minimum absolute atomic E-state index is 0.127. The van der Waals surface area contributed by atoms with Gasteiger partial charge in [-0.15, -0.1) is 0 Å². The van der Waals surface area contributed by atoms with Crippen LogP contribution < -0.4 is 10.1 Å². The predicted octanol–water partition coefficient (Wildman–Crippen LogP) is 3.08. The topological polar surface area (TPSA) is 45.0 Å². The minimum Gasteiger partial charge on any atom is -0.494 e. The Balaban J connectivity index is 2.38. The summed E-state index contributed by atoms with van der Waals surface area (Å²) in [5.41, 5.74) is 2.49. The van der Waals surface area contributed by atoms with Gasteiger partial charge in [0.1, 0.15) is 5.75 Å². The van der Waals surface area contributed by atoms with Gasteiger partial charge in [-0.05, 0) is 50.4 Å². The van der Waals surface area contributed by atoms with E-state index in [2.05, 4.69) is 30.4 Å². The van der Waals surface area contributed by atoms with E-state index in [1.165, 1.54) is 11.1 Å². The number of ether oxygens (including phenoxy) is 1. The fourth-order valence-electron chi connectivity index (χ4n) is 1.97. The summed E-state index contributed by atoms with van der Waals surface area (Å²) in [7, 11) is 0. The van der Waals surface area contributed by atoms with E-state index >= 15 is 0 Å². The summed E-state index contributed by atoms with van der Waals surface area (Å²) >= 11 is 0. The summed E-state index contributed by atoms with van der Waals surface area (Å²) in [6.45, 7) is 8.51. The van der Waals surface area contributed by atoms with Crippen LogP contribution in [0, 0.1) is 24.2 Å². The van der Waals surface area contributed by atoms with Crippen LogP contribution in [0.3, 0.4) is 0 Å². The van der Waals surface area contributed by atoms with E-state index in [9.17, 15) is 0 Å². The highest BCUT2D eigenvalue weighted by Gasteiger charge is 2.04. The minimum atomic E-state index is 0.127. The molecule has 0 saturated heterocycles. The van der Waals surface area contributed by atoms with Gasteiger partial charge in [-0.25, -0.2) is 0 Å². The van der Waals surface area contributed by atoms with E-state index in [0.29, 0.717) is 6.61 Å². The largest absolute Gasteiger partial charge is 0.494 e. The van der Waals surface area contributed by atoms with Gasteiger partial charge in [0.25, 0.3) is 0 Å². The second-order valence-corrected chi connectivity index (χ2v) is 4.72. The summed E-state index contributed by atoms with van der Waals surface area (Å²) in [6.07, 6.45) is 1.89. The molecule has 19 heavy (non-hydrogen) atoms. The van der Waals surface area contributed by atoms with Crippen molar-refractivity contribution in [3.63, 3.8) is 0 Å². The first-order valence-corrected chi connectivity index (χ1v) is 7.03. The Bertz CT molecular complexity index is 423. The first kappa shape index (κ1) is 15.5. The van der Waals surface area contributed by atoms with Gasteiger partial charge < -0.3 is 10.1 Å². The van der Waals surface area contributed by atoms with Gasteiger partial charge >= 0.3 is 0 Å². The molecule has 1 atom stereocenters. The van der Waals surface area contributed by atoms with Crippen molar-refractivity contribution in [1.29, 1.82) is 5.26 Å². The van der Waals surface area contributed by atoms with Crippen LogP contribution >= 0.6 is 0 Å². The average molecular weight is 260 g/mol. The van der Waals surface area contributed by atoms with Crippen molar-refractivity contribution in [3.05, 3.63) is 29.3 Å². The maximum absolute atomic E-state index is 8.86. The molecule has 1 rings (SSSR count). The normalized spacial score (nSPS) is 11.9. The Morgan fingerprint density at radius 1 is 1.37 bits per heavy atom. The van der Waals surface area contributed by atoms with Crippen molar-refractivity contribution < 1.29 is 4.74 Å². The van der Waals surface area contributed by atoms with E-state index in [0.717, 1.165) is 31.7 Å². The molecule has 3 nitrogen and oxygen atoms in total. The van der Waals surface area contributed by atoms with Crippen LogP contribution in [0.15, 0.2) is 18.2 Å². The molecular formula is C16H24N2O. The maximum Gasteiger partial charge on any atom is 0.122 e. The Kier molecular flexibility index (Phi) is 6.99. The fourth-order valence-corrected chi connectivity index (χ4v) is 1.97. The van der Waals surface area contributed by atoms with Crippen LogP contribution in [0.2, 0.25) is 0 Å². The number of nitrogens with one attached hydrogen (secondary N) is 1. The van der Waals surface area contributed by atoms with Crippen molar-refractivity contribution in [2.45, 2.75) is 33.6 Å². The zero-order valence-electron chi connectivity index (χ0n) is 12.2. The van der Waals surface area contributed by atoms with E-state index in [-0.39, 0.29) is 5.92 Å². The first-order valence-electron chi connectivity index (χ1n) is 7.03. The SMILES string of the molecule is CCOc1ccc(CCNCC(C#N)CC)cc1C. The fraction of sp³-hybridized carbons (Fsp3) is 0.562. The number of nitrogens with zero attached hydrogens (tertiary/aromatic N) is 1. The molecule has 104 valence electrons. The van der Waals surface area contributed by atoms with Gasteiger partial charge in [0, 0.05) is 6.54 Å². The zero-order valence-corrected chi connectivity index (χ0v) is 12.2. The molecule has 0 aliphatic rings. The molecule has 0 heterocycles. The Hall–Kier alpha value is -1.53. The van der Waals surface area contributed by atoms with Gasteiger partial charge in [-0.2, -0.15) is 5.26 Å². The third-order valence-electron chi connectivity index (χ3n) is 3.20. The van der Waals surface area contributed by atoms with Gasteiger partial charge in [-0.3, -0.25) is 0 Å². The Morgan fingerprint density at radius 2 is 2.16 bits per heavy atom. The summed E-state index contributed by atoms with van der Waals surface area (Å²) < 4.78 is 5.53. The quantitative estimate of drug-likeness (QED) is 0.731. The van der Waals surface area contributed by atoms with Crippen molar-refractivity contribution in [2.75, 3.05) is 19.7 Å². The maximum atomic E-state index is 8.86. The van der Waals surface area contributed by atoms with Crippen LogP contribution in [0.5, 0.6) is 5.75 Å². The molecular weight excluding hydrogens is 236 g/mol. The van der Waals surface area contributed by atoms with Gasteiger partial charge in [0.05, 0.1) is 18.6 Å². The van der Waals surface area contributed by atoms with E-state index in [4.69, 9.17) is 10.00 Å². The molecule has 0 radical (unpaired) electrons. The van der Waals surface area contributed by atoms with E-state index < -0.39 is 0 Å². The summed E-state index contributed by atoms with van der Waals surface area (Å²) in [5, 5.41) is 12.2. The highest BCUT2D eigenvalue weighted by atomic mass is 16.5. The second-order valence-electron chi connectivity index (χ2n) is 4.72. The summed E-state index contributed by atoms with van der Waals surface area (Å²) in [5.74, 6) is 1.09. The van der Waals surface area contributed by atoms with Gasteiger partial charge in [0.2, 0.25) is 0 Å². The Morgan fingerprint density at radius 3 is 2.74 bits per heavy atom. The molecule has 3 heteroatoms. The molecule has 1 aromatic carbocycles. The van der Waals surface area contributed by atoms with Crippen LogP contribution in [-0.2, 0) is 6.42 Å². The third kappa shape index (κ3) is 5.32. The molecule has 0 aliphatic carbocycles. The molecule has 0 fully saturated rings. The molecule has 0 amide bonds. The van der Waals surface area contributed by atoms with Gasteiger partial charge in [0.15, 0.2) is 0 Å². The van der Waals surface area contributed by atoms with Crippen LogP contribution in [0.1, 0.15) is 31.4 Å². The Labute approximate surface area is 116 Å². The highest BCUT2D eigenvalue weighted by molar-refractivity contribution is 5.36. The molecule has 0 aliphatic heterocycles. The van der Waals surface area contributed by atoms with E-state index in [1.54, 1.807) is 0 Å². The summed E-state index contributed by atoms with van der Waals surface area (Å²) in [4.78, 5) is 0. The van der Waals surface area contributed by atoms with Crippen molar-refractivity contribution in [3.8, 4) is 11.8 Å². The van der Waals surface area contributed by atoms with E-state index in [1.807, 2.05) is 19.9 Å². The van der Waals surface area contributed by atoms with Crippen molar-refractivity contribution in [2.24, 2.45) is 5.92 Å². The molecule has 0 spiro atoms. The number of hydrogen-bond donors (Lipinski definition) is 1. The summed E-state index contributed by atoms with van der Waals surface area (Å²) in [6, 6.07) is 8.63. The molecule has 0 saturated carbocycles. The lowest BCUT2D eigenvalue weighted by Crippen LogP contribution is -2.23. The number of rotatable bonds is 8. The average Bonchev–Trinajstić information content (AvgIpc) is 2.42. The lowest BCUT2D eigenvalue weighted by Gasteiger charge is -2.10. The number of nitriles is 1. The zero-order chi connectivity index (χ0) is 14.1. The number of benzene rings is 1.